The van der Waals surface area contributed by atoms with Gasteiger partial charge in [0.25, 0.3) is 5.91 Å². The molecule has 0 spiro atoms. The number of aryl methyl sites for hydroxylation is 2. The van der Waals surface area contributed by atoms with Crippen molar-refractivity contribution in [1.82, 2.24) is 24.8 Å². The fraction of sp³-hybridized carbons (Fsp3) is 0.560. The van der Waals surface area contributed by atoms with E-state index in [0.717, 1.165) is 30.6 Å². The first-order chi connectivity index (χ1) is 17.5. The quantitative estimate of drug-likeness (QED) is 0.273. The van der Waals surface area contributed by atoms with Gasteiger partial charge < -0.3 is 15.5 Å². The zero-order valence-electron chi connectivity index (χ0n) is 22.1. The number of aromatic nitrogens is 1. The van der Waals surface area contributed by atoms with Crippen LogP contribution >= 0.6 is 22.9 Å². The summed E-state index contributed by atoms with van der Waals surface area (Å²) in [6.45, 7) is 8.38. The van der Waals surface area contributed by atoms with E-state index >= 15 is 0 Å². The van der Waals surface area contributed by atoms with Crippen molar-refractivity contribution >= 4 is 44.8 Å². The van der Waals surface area contributed by atoms with Crippen molar-refractivity contribution in [2.75, 3.05) is 32.9 Å². The first-order valence-corrected chi connectivity index (χ1v) is 15.5. The van der Waals surface area contributed by atoms with Crippen molar-refractivity contribution in [3.63, 3.8) is 0 Å². The highest BCUT2D eigenvalue weighted by Crippen LogP contribution is 2.22. The molecule has 37 heavy (non-hydrogen) atoms. The summed E-state index contributed by atoms with van der Waals surface area (Å²) < 4.78 is 26.9. The van der Waals surface area contributed by atoms with E-state index in [1.165, 1.54) is 10.6 Å². The normalized spacial score (nSPS) is 16.4. The molecular formula is C25H37ClN6O3S2. The Labute approximate surface area is 229 Å². The van der Waals surface area contributed by atoms with Gasteiger partial charge in [-0.05, 0) is 74.1 Å². The van der Waals surface area contributed by atoms with Crippen LogP contribution in [0.25, 0.3) is 0 Å². The lowest BCUT2D eigenvalue weighted by Crippen LogP contribution is -2.54. The molecule has 2 aromatic rings. The third-order valence-corrected chi connectivity index (χ3v) is 8.81. The average molecular weight is 569 g/mol. The lowest BCUT2D eigenvalue weighted by molar-refractivity contribution is 0.0941. The van der Waals surface area contributed by atoms with Gasteiger partial charge in [0.2, 0.25) is 16.0 Å². The number of thiophene rings is 1. The second-order valence-electron chi connectivity index (χ2n) is 9.47. The number of amides is 1. The number of guanidine groups is 1. The Hall–Kier alpha value is -2.21. The van der Waals surface area contributed by atoms with Crippen molar-refractivity contribution in [2.24, 2.45) is 4.99 Å². The lowest BCUT2D eigenvalue weighted by atomic mass is 10.0. The number of piperidine rings is 1. The van der Waals surface area contributed by atoms with Crippen LogP contribution in [0.5, 0.6) is 0 Å². The summed E-state index contributed by atoms with van der Waals surface area (Å²) in [4.78, 5) is 23.5. The van der Waals surface area contributed by atoms with Crippen LogP contribution in [0.3, 0.4) is 0 Å². The Balaban J connectivity index is 1.52. The van der Waals surface area contributed by atoms with Crippen LogP contribution in [0.1, 0.15) is 53.4 Å². The number of nitrogens with one attached hydrogen (secondary N) is 2. The number of nitrogens with zero attached hydrogens (tertiary/aromatic N) is 4. The molecule has 12 heteroatoms. The number of hydrogen-bond donors (Lipinski definition) is 2. The molecule has 2 aromatic heterocycles. The van der Waals surface area contributed by atoms with Crippen LogP contribution in [0.4, 0.5) is 0 Å². The van der Waals surface area contributed by atoms with E-state index in [2.05, 4.69) is 32.4 Å². The number of carbonyl (C=O) groups is 1. The third kappa shape index (κ3) is 7.89. The first kappa shape index (κ1) is 29.3. The fourth-order valence-electron chi connectivity index (χ4n) is 4.79. The van der Waals surface area contributed by atoms with Crippen molar-refractivity contribution in [3.05, 3.63) is 50.4 Å². The predicted octanol–water partition coefficient (Wildman–Crippen LogP) is 3.42. The summed E-state index contributed by atoms with van der Waals surface area (Å²) in [6, 6.07) is 3.79. The van der Waals surface area contributed by atoms with Gasteiger partial charge in [-0.1, -0.05) is 11.6 Å². The molecule has 0 bridgehead atoms. The van der Waals surface area contributed by atoms with E-state index in [-0.39, 0.29) is 18.0 Å². The predicted molar refractivity (Wildman–Crippen MR) is 151 cm³/mol. The lowest BCUT2D eigenvalue weighted by Gasteiger charge is -2.40. The van der Waals surface area contributed by atoms with E-state index in [0.29, 0.717) is 48.3 Å². The minimum atomic E-state index is -3.50. The molecule has 0 radical (unpaired) electrons. The molecule has 1 atom stereocenters. The van der Waals surface area contributed by atoms with E-state index in [4.69, 9.17) is 11.6 Å². The largest absolute Gasteiger partial charge is 0.352 e. The number of carbonyl (C=O) groups excluding carboxylic acids is 1. The summed E-state index contributed by atoms with van der Waals surface area (Å²) >= 11 is 7.58. The van der Waals surface area contributed by atoms with Crippen molar-refractivity contribution < 1.29 is 13.2 Å². The van der Waals surface area contributed by atoms with Crippen LogP contribution in [0.2, 0.25) is 5.15 Å². The zero-order chi connectivity index (χ0) is 27.2. The van der Waals surface area contributed by atoms with Gasteiger partial charge in [0.05, 0.1) is 23.6 Å². The van der Waals surface area contributed by atoms with Crippen LogP contribution < -0.4 is 10.6 Å². The van der Waals surface area contributed by atoms with E-state index in [9.17, 15) is 13.2 Å². The van der Waals surface area contributed by atoms with Gasteiger partial charge in [-0.3, -0.25) is 9.79 Å². The number of aliphatic imine (C=N–C) groups is 1. The molecule has 2 N–H and O–H groups in total. The third-order valence-electron chi connectivity index (χ3n) is 6.70. The Morgan fingerprint density at radius 3 is 2.59 bits per heavy atom. The van der Waals surface area contributed by atoms with E-state index < -0.39 is 10.0 Å². The van der Waals surface area contributed by atoms with Gasteiger partial charge in [-0.2, -0.15) is 11.3 Å². The summed E-state index contributed by atoms with van der Waals surface area (Å²) in [6.07, 6.45) is 3.44. The SMILES string of the molecule is CN=C(NCc1ccsc1)N(C1CCN(C(C)CCNC(=O)c2c(C)cc(Cl)nc2C)CC1)S(C)(=O)=O. The molecule has 0 aromatic carbocycles. The van der Waals surface area contributed by atoms with Crippen molar-refractivity contribution in [2.45, 2.75) is 58.7 Å². The molecule has 0 saturated carbocycles. The molecule has 3 rings (SSSR count). The second-order valence-corrected chi connectivity index (χ2v) is 12.5. The van der Waals surface area contributed by atoms with Gasteiger partial charge in [-0.15, -0.1) is 0 Å². The summed E-state index contributed by atoms with van der Waals surface area (Å²) in [5, 5.41) is 10.6. The molecule has 1 unspecified atom stereocenters. The second kappa shape index (κ2) is 13.0. The van der Waals surface area contributed by atoms with Crippen molar-refractivity contribution in [1.29, 1.82) is 0 Å². The van der Waals surface area contributed by atoms with Gasteiger partial charge >= 0.3 is 0 Å². The maximum atomic E-state index is 12.7. The van der Waals surface area contributed by atoms with Gasteiger partial charge in [0, 0.05) is 39.3 Å². The molecular weight excluding hydrogens is 532 g/mol. The Morgan fingerprint density at radius 1 is 1.32 bits per heavy atom. The van der Waals surface area contributed by atoms with E-state index in [1.807, 2.05) is 23.8 Å². The number of hydrogen-bond acceptors (Lipinski definition) is 7. The molecule has 1 saturated heterocycles. The van der Waals surface area contributed by atoms with Crippen LogP contribution in [-0.2, 0) is 16.6 Å². The van der Waals surface area contributed by atoms with E-state index in [1.54, 1.807) is 31.4 Å². The molecule has 1 aliphatic heterocycles. The maximum absolute atomic E-state index is 12.7. The number of pyridine rings is 1. The molecule has 1 fully saturated rings. The molecule has 1 aliphatic rings. The molecule has 0 aliphatic carbocycles. The Bertz CT molecular complexity index is 1170. The summed E-state index contributed by atoms with van der Waals surface area (Å²) in [5.74, 6) is 0.236. The molecule has 204 valence electrons. The Morgan fingerprint density at radius 2 is 2.03 bits per heavy atom. The van der Waals surface area contributed by atoms with Crippen molar-refractivity contribution in [3.8, 4) is 0 Å². The highest BCUT2D eigenvalue weighted by Gasteiger charge is 2.33. The smallest absolute Gasteiger partial charge is 0.253 e. The fourth-order valence-corrected chi connectivity index (χ4v) is 6.96. The minimum Gasteiger partial charge on any atom is -0.352 e. The topological polar surface area (TPSA) is 107 Å². The number of likely N-dealkylation sites (tertiary alicyclic amines) is 1. The average Bonchev–Trinajstić information content (AvgIpc) is 3.34. The van der Waals surface area contributed by atoms with Gasteiger partial charge in [0.1, 0.15) is 5.15 Å². The highest BCUT2D eigenvalue weighted by atomic mass is 35.5. The minimum absolute atomic E-state index is 0.143. The van der Waals surface area contributed by atoms with Crippen LogP contribution in [-0.4, -0.2) is 79.5 Å². The van der Waals surface area contributed by atoms with Crippen LogP contribution in [0.15, 0.2) is 27.9 Å². The Kier molecular flexibility index (Phi) is 10.3. The molecule has 3 heterocycles. The van der Waals surface area contributed by atoms with Gasteiger partial charge in [0.15, 0.2) is 0 Å². The summed E-state index contributed by atoms with van der Waals surface area (Å²) in [7, 11) is -1.89. The standard InChI is InChI=1S/C25H37ClN6O3S2/c1-17-14-22(26)30-19(3)23(17)24(33)28-10-6-18(2)31-11-7-21(8-12-31)32(37(5,34)35)25(27-4)29-15-20-9-13-36-16-20/h9,13-14,16,18,21H,6-8,10-12,15H2,1-5H3,(H,27,29)(H,28,33). The van der Waals surface area contributed by atoms with Crippen LogP contribution in [0, 0.1) is 13.8 Å². The zero-order valence-corrected chi connectivity index (χ0v) is 24.5. The van der Waals surface area contributed by atoms with Gasteiger partial charge in [-0.25, -0.2) is 17.7 Å². The highest BCUT2D eigenvalue weighted by molar-refractivity contribution is 7.88. The summed E-state index contributed by atoms with van der Waals surface area (Å²) in [5.41, 5.74) is 3.08. The first-order valence-electron chi connectivity index (χ1n) is 12.4. The number of sulfonamides is 1. The molecule has 9 nitrogen and oxygen atoms in total. The molecule has 1 amide bonds. The number of halogens is 1. The monoisotopic (exact) mass is 568 g/mol. The number of rotatable bonds is 9. The maximum Gasteiger partial charge on any atom is 0.253 e.